The van der Waals surface area contributed by atoms with Crippen molar-refractivity contribution < 1.29 is 17.9 Å². The van der Waals surface area contributed by atoms with E-state index < -0.39 is 10.0 Å². The summed E-state index contributed by atoms with van der Waals surface area (Å²) >= 11 is 0. The highest BCUT2D eigenvalue weighted by Crippen LogP contribution is 2.31. The predicted molar refractivity (Wildman–Crippen MR) is 99.6 cm³/mol. The normalized spacial score (nSPS) is 15.0. The van der Waals surface area contributed by atoms with Crippen LogP contribution in [-0.4, -0.2) is 60.0 Å². The van der Waals surface area contributed by atoms with Crippen molar-refractivity contribution >= 4 is 27.3 Å². The molecule has 1 aliphatic rings. The van der Waals surface area contributed by atoms with E-state index in [4.69, 9.17) is 4.74 Å². The molecule has 0 radical (unpaired) electrons. The van der Waals surface area contributed by atoms with Gasteiger partial charge in [-0.25, -0.2) is 8.42 Å². The van der Waals surface area contributed by atoms with Gasteiger partial charge in [-0.15, -0.1) is 0 Å². The topological polar surface area (TPSA) is 79.0 Å². The molecule has 1 aromatic carbocycles. The van der Waals surface area contributed by atoms with E-state index in [9.17, 15) is 13.2 Å². The summed E-state index contributed by atoms with van der Waals surface area (Å²) in [5.74, 6) is -0.0579. The maximum absolute atomic E-state index is 12.3. The number of benzene rings is 1. The van der Waals surface area contributed by atoms with Crippen LogP contribution in [0.2, 0.25) is 0 Å². The van der Waals surface area contributed by atoms with Gasteiger partial charge in [0.1, 0.15) is 0 Å². The molecule has 0 bridgehead atoms. The number of ether oxygens (including phenoxy) is 1. The van der Waals surface area contributed by atoms with Gasteiger partial charge in [-0.3, -0.25) is 9.10 Å². The highest BCUT2D eigenvalue weighted by Gasteiger charge is 2.23. The number of rotatable bonds is 8. The zero-order valence-electron chi connectivity index (χ0n) is 14.9. The van der Waals surface area contributed by atoms with E-state index in [1.807, 2.05) is 25.1 Å². The van der Waals surface area contributed by atoms with Crippen molar-refractivity contribution in [2.24, 2.45) is 0 Å². The molecule has 1 N–H and O–H groups in total. The second kappa shape index (κ2) is 9.05. The molecule has 0 aromatic heterocycles. The van der Waals surface area contributed by atoms with Gasteiger partial charge in [0.25, 0.3) is 0 Å². The molecule has 0 unspecified atom stereocenters. The van der Waals surface area contributed by atoms with Gasteiger partial charge in [0, 0.05) is 26.1 Å². The maximum atomic E-state index is 12.3. The number of nitrogens with zero attached hydrogens (tertiary/aromatic N) is 2. The summed E-state index contributed by atoms with van der Waals surface area (Å²) in [5.41, 5.74) is 1.51. The quantitative estimate of drug-likeness (QED) is 0.745. The van der Waals surface area contributed by atoms with Gasteiger partial charge in [-0.2, -0.15) is 0 Å². The lowest BCUT2D eigenvalue weighted by Crippen LogP contribution is -2.41. The molecule has 1 saturated heterocycles. The second-order valence-corrected chi connectivity index (χ2v) is 7.93. The summed E-state index contributed by atoms with van der Waals surface area (Å²) in [6, 6.07) is 7.46. The number of para-hydroxylation sites is 2. The standard InChI is InChI=1S/C17H27N3O4S/c1-3-6-17(21)18-9-10-20(25(2,22)23)16-8-5-4-7-15(16)19-11-13-24-14-12-19/h4-5,7-8H,3,6,9-14H2,1-2H3,(H,18,21). The highest BCUT2D eigenvalue weighted by atomic mass is 32.2. The molecule has 25 heavy (non-hydrogen) atoms. The number of hydrogen-bond donors (Lipinski definition) is 1. The van der Waals surface area contributed by atoms with Crippen LogP contribution in [0, 0.1) is 0 Å². The van der Waals surface area contributed by atoms with Crippen molar-refractivity contribution in [3.8, 4) is 0 Å². The maximum Gasteiger partial charge on any atom is 0.232 e. The molecular weight excluding hydrogens is 342 g/mol. The van der Waals surface area contributed by atoms with E-state index in [0.717, 1.165) is 25.2 Å². The fourth-order valence-corrected chi connectivity index (χ4v) is 3.76. The van der Waals surface area contributed by atoms with Crippen LogP contribution in [0.4, 0.5) is 11.4 Å². The van der Waals surface area contributed by atoms with E-state index >= 15 is 0 Å². The molecule has 1 aliphatic heterocycles. The van der Waals surface area contributed by atoms with Crippen molar-refractivity contribution in [1.82, 2.24) is 5.32 Å². The summed E-state index contributed by atoms with van der Waals surface area (Å²) in [5, 5.41) is 2.78. The van der Waals surface area contributed by atoms with Gasteiger partial charge in [0.15, 0.2) is 0 Å². The Morgan fingerprint density at radius 1 is 1.28 bits per heavy atom. The number of nitrogens with one attached hydrogen (secondary N) is 1. The molecule has 1 fully saturated rings. The lowest BCUT2D eigenvalue weighted by molar-refractivity contribution is -0.121. The molecule has 1 amide bonds. The Balaban J connectivity index is 2.19. The summed E-state index contributed by atoms with van der Waals surface area (Å²) in [7, 11) is -3.47. The van der Waals surface area contributed by atoms with Crippen LogP contribution >= 0.6 is 0 Å². The lowest BCUT2D eigenvalue weighted by atomic mass is 10.2. The van der Waals surface area contributed by atoms with Crippen LogP contribution < -0.4 is 14.5 Å². The highest BCUT2D eigenvalue weighted by molar-refractivity contribution is 7.92. The van der Waals surface area contributed by atoms with Crippen LogP contribution in [0.5, 0.6) is 0 Å². The van der Waals surface area contributed by atoms with E-state index in [1.165, 1.54) is 10.6 Å². The molecule has 1 aromatic rings. The number of carbonyl (C=O) groups excluding carboxylic acids is 1. The van der Waals surface area contributed by atoms with Crippen LogP contribution in [0.15, 0.2) is 24.3 Å². The first kappa shape index (κ1) is 19.5. The second-order valence-electron chi connectivity index (χ2n) is 6.02. The smallest absolute Gasteiger partial charge is 0.232 e. The average molecular weight is 369 g/mol. The van der Waals surface area contributed by atoms with Crippen LogP contribution in [0.3, 0.4) is 0 Å². The summed E-state index contributed by atoms with van der Waals surface area (Å²) in [6.45, 7) is 5.12. The zero-order valence-corrected chi connectivity index (χ0v) is 15.7. The fourth-order valence-electron chi connectivity index (χ4n) is 2.82. The molecule has 0 aliphatic carbocycles. The third kappa shape index (κ3) is 5.61. The molecule has 0 atom stereocenters. The average Bonchev–Trinajstić information content (AvgIpc) is 2.59. The largest absolute Gasteiger partial charge is 0.378 e. The number of anilines is 2. The minimum absolute atomic E-state index is 0.0579. The van der Waals surface area contributed by atoms with Crippen molar-refractivity contribution in [3.63, 3.8) is 0 Å². The van der Waals surface area contributed by atoms with Gasteiger partial charge in [-0.1, -0.05) is 19.1 Å². The van der Waals surface area contributed by atoms with Gasteiger partial charge in [0.2, 0.25) is 15.9 Å². The summed E-state index contributed by atoms with van der Waals surface area (Å²) < 4.78 is 31.4. The monoisotopic (exact) mass is 369 g/mol. The minimum atomic E-state index is -3.47. The molecule has 1 heterocycles. The number of carbonyl (C=O) groups is 1. The summed E-state index contributed by atoms with van der Waals surface area (Å²) in [4.78, 5) is 13.8. The Kier molecular flexibility index (Phi) is 7.07. The molecule has 2 rings (SSSR count). The van der Waals surface area contributed by atoms with E-state index in [1.54, 1.807) is 6.07 Å². The molecule has 8 heteroatoms. The third-order valence-electron chi connectivity index (χ3n) is 4.02. The number of amides is 1. The predicted octanol–water partition coefficient (Wildman–Crippen LogP) is 1.21. The Morgan fingerprint density at radius 3 is 2.60 bits per heavy atom. The van der Waals surface area contributed by atoms with Gasteiger partial charge < -0.3 is 15.0 Å². The molecular formula is C17H27N3O4S. The van der Waals surface area contributed by atoms with Crippen LogP contribution in [0.25, 0.3) is 0 Å². The molecule has 7 nitrogen and oxygen atoms in total. The van der Waals surface area contributed by atoms with Gasteiger partial charge in [-0.05, 0) is 18.6 Å². The van der Waals surface area contributed by atoms with Gasteiger partial charge >= 0.3 is 0 Å². The first-order valence-corrected chi connectivity index (χ1v) is 10.4. The first-order valence-electron chi connectivity index (χ1n) is 8.59. The number of morpholine rings is 1. The van der Waals surface area contributed by atoms with E-state index in [-0.39, 0.29) is 19.0 Å². The molecule has 140 valence electrons. The lowest BCUT2D eigenvalue weighted by Gasteiger charge is -2.33. The fraction of sp³-hybridized carbons (Fsp3) is 0.588. The Morgan fingerprint density at radius 2 is 1.96 bits per heavy atom. The Hall–Kier alpha value is -1.80. The SMILES string of the molecule is CCCC(=O)NCCN(c1ccccc1N1CCOCC1)S(C)(=O)=O. The van der Waals surface area contributed by atoms with Crippen LogP contribution in [-0.2, 0) is 19.6 Å². The van der Waals surface area contributed by atoms with Crippen molar-refractivity contribution in [2.75, 3.05) is 54.9 Å². The van der Waals surface area contributed by atoms with Crippen molar-refractivity contribution in [2.45, 2.75) is 19.8 Å². The first-order chi connectivity index (χ1) is 11.9. The zero-order chi connectivity index (χ0) is 18.3. The summed E-state index contributed by atoms with van der Waals surface area (Å²) in [6.07, 6.45) is 2.40. The van der Waals surface area contributed by atoms with Crippen molar-refractivity contribution in [1.29, 1.82) is 0 Å². The third-order valence-corrected chi connectivity index (χ3v) is 5.20. The van der Waals surface area contributed by atoms with Crippen molar-refractivity contribution in [3.05, 3.63) is 24.3 Å². The van der Waals surface area contributed by atoms with Gasteiger partial charge in [0.05, 0.1) is 37.4 Å². The molecule has 0 saturated carbocycles. The van der Waals surface area contributed by atoms with E-state index in [0.29, 0.717) is 25.3 Å². The number of hydrogen-bond acceptors (Lipinski definition) is 5. The minimum Gasteiger partial charge on any atom is -0.378 e. The number of sulfonamides is 1. The van der Waals surface area contributed by atoms with Crippen LogP contribution in [0.1, 0.15) is 19.8 Å². The Labute approximate surface area is 150 Å². The van der Waals surface area contributed by atoms with E-state index in [2.05, 4.69) is 10.2 Å². The Bertz CT molecular complexity index is 672. The molecule has 0 spiro atoms.